The minimum atomic E-state index is -0.654. The molecule has 4 aliphatic carbocycles. The van der Waals surface area contributed by atoms with Gasteiger partial charge in [-0.3, -0.25) is 0 Å². The van der Waals surface area contributed by atoms with Gasteiger partial charge in [-0.15, -0.1) is 0 Å². The Morgan fingerprint density at radius 2 is 2.07 bits per heavy atom. The van der Waals surface area contributed by atoms with Crippen LogP contribution in [-0.4, -0.2) is 49.1 Å². The van der Waals surface area contributed by atoms with Crippen molar-refractivity contribution in [2.45, 2.75) is 77.3 Å². The maximum Gasteiger partial charge on any atom is 0.508 e. The van der Waals surface area contributed by atoms with Crippen molar-refractivity contribution in [3.8, 4) is 0 Å². The number of hydrogen-bond donors (Lipinski definition) is 1. The Hall–Kier alpha value is -1.40. The van der Waals surface area contributed by atoms with Gasteiger partial charge in [-0.05, 0) is 61.3 Å². The first-order valence-electron chi connectivity index (χ1n) is 11.5. The molecule has 0 radical (unpaired) electrons. The van der Waals surface area contributed by atoms with E-state index in [1.807, 2.05) is 6.92 Å². The van der Waals surface area contributed by atoms with E-state index in [0.717, 1.165) is 32.0 Å². The van der Waals surface area contributed by atoms with Crippen LogP contribution >= 0.6 is 0 Å². The Morgan fingerprint density at radius 3 is 2.77 bits per heavy atom. The number of ether oxygens (including phenoxy) is 3. The van der Waals surface area contributed by atoms with E-state index in [9.17, 15) is 14.7 Å². The van der Waals surface area contributed by atoms with Crippen LogP contribution in [0.5, 0.6) is 0 Å². The Bertz CT molecular complexity index is 778. The quantitative estimate of drug-likeness (QED) is 0.327. The molecule has 0 spiro atoms. The molecule has 6 heteroatoms. The number of carbonyl (C=O) groups is 2. The minimum Gasteiger partial charge on any atom is -0.438 e. The molecule has 0 aromatic carbocycles. The van der Waals surface area contributed by atoms with Crippen LogP contribution in [0.3, 0.4) is 0 Å². The summed E-state index contributed by atoms with van der Waals surface area (Å²) in [6.07, 6.45) is 6.48. The first kappa shape index (κ1) is 20.5. The van der Waals surface area contributed by atoms with E-state index in [4.69, 9.17) is 14.2 Å². The van der Waals surface area contributed by atoms with Crippen LogP contribution < -0.4 is 0 Å². The molecule has 0 aromatic heterocycles. The molecule has 6 nitrogen and oxygen atoms in total. The number of methoxy groups -OCH3 is 1. The fourth-order valence-corrected chi connectivity index (χ4v) is 8.27. The normalized spacial score (nSPS) is 52.0. The van der Waals surface area contributed by atoms with Crippen LogP contribution in [0.4, 0.5) is 4.79 Å². The zero-order chi connectivity index (χ0) is 21.4. The fraction of sp³-hybridized carbons (Fsp3) is 0.833. The van der Waals surface area contributed by atoms with Crippen molar-refractivity contribution in [1.29, 1.82) is 0 Å². The summed E-state index contributed by atoms with van der Waals surface area (Å²) >= 11 is 0. The molecule has 4 fully saturated rings. The lowest BCUT2D eigenvalue weighted by molar-refractivity contribution is -0.119. The van der Waals surface area contributed by atoms with Gasteiger partial charge >= 0.3 is 6.16 Å². The summed E-state index contributed by atoms with van der Waals surface area (Å²) in [6.45, 7) is 6.69. The first-order valence-corrected chi connectivity index (χ1v) is 11.5. The van der Waals surface area contributed by atoms with Gasteiger partial charge in [0.1, 0.15) is 18.5 Å². The Kier molecular flexibility index (Phi) is 4.64. The molecule has 11 atom stereocenters. The first-order chi connectivity index (χ1) is 14.3. The van der Waals surface area contributed by atoms with Crippen molar-refractivity contribution in [2.24, 2.45) is 40.4 Å². The highest BCUT2D eigenvalue weighted by atomic mass is 16.7. The van der Waals surface area contributed by atoms with Gasteiger partial charge < -0.3 is 24.1 Å². The minimum absolute atomic E-state index is 0.0442. The molecule has 5 rings (SSSR count). The zero-order valence-corrected chi connectivity index (χ0v) is 18.4. The smallest absolute Gasteiger partial charge is 0.438 e. The summed E-state index contributed by atoms with van der Waals surface area (Å²) in [7, 11) is 1.34. The Balaban J connectivity index is 1.56. The van der Waals surface area contributed by atoms with Gasteiger partial charge in [0.2, 0.25) is 0 Å². The Morgan fingerprint density at radius 1 is 1.30 bits per heavy atom. The number of aldehydes is 1. The Labute approximate surface area is 178 Å². The largest absolute Gasteiger partial charge is 0.508 e. The zero-order valence-electron chi connectivity index (χ0n) is 18.4. The molecule has 1 unspecified atom stereocenters. The van der Waals surface area contributed by atoms with Crippen molar-refractivity contribution in [3.63, 3.8) is 0 Å². The lowest BCUT2D eigenvalue weighted by Gasteiger charge is -2.58. The van der Waals surface area contributed by atoms with Gasteiger partial charge in [0, 0.05) is 17.3 Å². The third-order valence-electron chi connectivity index (χ3n) is 9.79. The lowest BCUT2D eigenvalue weighted by Crippen LogP contribution is -2.57. The summed E-state index contributed by atoms with van der Waals surface area (Å²) in [5.74, 6) is 1.31. The third kappa shape index (κ3) is 2.62. The molecular weight excluding hydrogens is 384 g/mol. The van der Waals surface area contributed by atoms with Crippen molar-refractivity contribution >= 4 is 12.4 Å². The topological polar surface area (TPSA) is 85.4 Å². The molecule has 166 valence electrons. The maximum atomic E-state index is 12.1. The summed E-state index contributed by atoms with van der Waals surface area (Å²) in [4.78, 5) is 23.8. The van der Waals surface area contributed by atoms with Gasteiger partial charge in [0.25, 0.3) is 0 Å². The number of hydrogen-bond acceptors (Lipinski definition) is 6. The van der Waals surface area contributed by atoms with Crippen molar-refractivity contribution < 1.29 is 28.9 Å². The third-order valence-corrected chi connectivity index (χ3v) is 9.79. The van der Waals surface area contributed by atoms with Gasteiger partial charge in [0.05, 0.1) is 19.3 Å². The second-order valence-corrected chi connectivity index (χ2v) is 10.8. The summed E-state index contributed by atoms with van der Waals surface area (Å²) in [5.41, 5.74) is 1.11. The lowest BCUT2D eigenvalue weighted by atomic mass is 9.46. The second-order valence-electron chi connectivity index (χ2n) is 10.8. The van der Waals surface area contributed by atoms with Crippen LogP contribution in [0.15, 0.2) is 11.6 Å². The van der Waals surface area contributed by atoms with Crippen LogP contribution in [-0.2, 0) is 19.0 Å². The van der Waals surface area contributed by atoms with E-state index >= 15 is 0 Å². The molecular formula is C24H34O6. The van der Waals surface area contributed by atoms with E-state index in [2.05, 4.69) is 19.9 Å². The molecule has 1 heterocycles. The number of carbonyl (C=O) groups excluding carboxylic acids is 2. The standard InChI is InChI=1S/C24H34O6/c1-12(11-25)14-5-6-15-19-16(7-8-23(14,15)2)24(3)13(9-17(26)20-21(24)30-20)10-18(19)29-22(27)28-4/h10-12,14-21,26H,5-9H2,1-4H3/t12?,14-,15+,16+,17-,18-,19+,20+,21+,23-,24+/m1/s1. The summed E-state index contributed by atoms with van der Waals surface area (Å²) in [6, 6.07) is 0. The van der Waals surface area contributed by atoms with Crippen molar-refractivity contribution in [1.82, 2.24) is 0 Å². The van der Waals surface area contributed by atoms with Gasteiger partial charge in [0.15, 0.2) is 0 Å². The molecule has 0 aromatic rings. The molecule has 3 saturated carbocycles. The predicted molar refractivity (Wildman–Crippen MR) is 109 cm³/mol. The maximum absolute atomic E-state index is 12.1. The SMILES string of the molecule is COC(=O)O[C@@H]1C=C2C[C@@H](O)[C@@H]3O[C@@H]3[C@]2(C)[C@H]2CC[C@]3(C)[C@@H](C(C)C=O)CC[C@H]3[C@H]12. The van der Waals surface area contributed by atoms with Gasteiger partial charge in [-0.2, -0.15) is 0 Å². The highest BCUT2D eigenvalue weighted by Gasteiger charge is 2.69. The molecule has 1 saturated heterocycles. The van der Waals surface area contributed by atoms with Gasteiger partial charge in [-0.25, -0.2) is 4.79 Å². The summed E-state index contributed by atoms with van der Waals surface area (Å²) < 4.78 is 16.7. The van der Waals surface area contributed by atoms with E-state index in [0.29, 0.717) is 24.2 Å². The second kappa shape index (κ2) is 6.80. The van der Waals surface area contributed by atoms with Crippen LogP contribution in [0.25, 0.3) is 0 Å². The van der Waals surface area contributed by atoms with Crippen molar-refractivity contribution in [2.75, 3.05) is 7.11 Å². The van der Waals surface area contributed by atoms with Crippen molar-refractivity contribution in [3.05, 3.63) is 11.6 Å². The predicted octanol–water partition coefficient (Wildman–Crippen LogP) is 3.51. The monoisotopic (exact) mass is 418 g/mol. The number of aliphatic hydroxyl groups is 1. The fourth-order valence-electron chi connectivity index (χ4n) is 8.27. The average molecular weight is 419 g/mol. The van der Waals surface area contributed by atoms with E-state index in [-0.39, 0.29) is 41.0 Å². The molecule has 0 bridgehead atoms. The highest BCUT2D eigenvalue weighted by Crippen LogP contribution is 2.69. The molecule has 1 N–H and O–H groups in total. The van der Waals surface area contributed by atoms with E-state index < -0.39 is 12.3 Å². The number of epoxide rings is 1. The van der Waals surface area contributed by atoms with Crippen LogP contribution in [0, 0.1) is 40.4 Å². The number of rotatable bonds is 3. The number of aliphatic hydroxyl groups excluding tert-OH is 1. The summed E-state index contributed by atoms with van der Waals surface area (Å²) in [5, 5.41) is 10.5. The van der Waals surface area contributed by atoms with Crippen LogP contribution in [0.2, 0.25) is 0 Å². The molecule has 5 aliphatic rings. The number of fused-ring (bicyclic) bond motifs is 7. The molecule has 0 amide bonds. The average Bonchev–Trinajstić information content (AvgIpc) is 3.47. The molecule has 30 heavy (non-hydrogen) atoms. The van der Waals surface area contributed by atoms with E-state index in [1.165, 1.54) is 12.7 Å². The molecule has 1 aliphatic heterocycles. The highest BCUT2D eigenvalue weighted by molar-refractivity contribution is 5.60. The van der Waals surface area contributed by atoms with E-state index in [1.54, 1.807) is 0 Å². The van der Waals surface area contributed by atoms with Crippen LogP contribution in [0.1, 0.15) is 52.9 Å². The van der Waals surface area contributed by atoms with Gasteiger partial charge in [-0.1, -0.05) is 26.3 Å².